The van der Waals surface area contributed by atoms with E-state index in [1.807, 2.05) is 6.08 Å². The second-order valence-electron chi connectivity index (χ2n) is 17.5. The number of aliphatic hydroxyl groups excluding tert-OH is 7. The summed E-state index contributed by atoms with van der Waals surface area (Å²) in [6.45, 7) is 3.38. The third-order valence-corrected chi connectivity index (χ3v) is 11.9. The SMILES string of the molecule is CCCCCCCC/C=C\C/C=C\CC(O)C(=O)NC(COC1OC(CO)C(O)C(O)C1O)C(O)C(O)CCC/C=C/CCCCCCCCCCCCCCCCCCC. The van der Waals surface area contributed by atoms with E-state index in [-0.39, 0.29) is 12.8 Å². The minimum Gasteiger partial charge on any atom is -0.394 e. The van der Waals surface area contributed by atoms with Crippen LogP contribution < -0.4 is 5.32 Å². The average molecular weight is 868 g/mol. The van der Waals surface area contributed by atoms with Gasteiger partial charge in [-0.05, 0) is 51.4 Å². The first-order chi connectivity index (χ1) is 29.7. The molecule has 0 aromatic heterocycles. The summed E-state index contributed by atoms with van der Waals surface area (Å²) < 4.78 is 11.1. The molecule has 1 heterocycles. The molecule has 1 amide bonds. The van der Waals surface area contributed by atoms with Crippen LogP contribution >= 0.6 is 0 Å². The molecule has 0 aromatic rings. The summed E-state index contributed by atoms with van der Waals surface area (Å²) in [4.78, 5) is 13.0. The van der Waals surface area contributed by atoms with Gasteiger partial charge in [0.1, 0.15) is 36.6 Å². The van der Waals surface area contributed by atoms with Crippen molar-refractivity contribution in [2.75, 3.05) is 13.2 Å². The number of ether oxygens (including phenoxy) is 2. The van der Waals surface area contributed by atoms with Gasteiger partial charge in [-0.15, -0.1) is 0 Å². The molecule has 1 saturated heterocycles. The van der Waals surface area contributed by atoms with Gasteiger partial charge in [0.15, 0.2) is 6.29 Å². The highest BCUT2D eigenvalue weighted by Gasteiger charge is 2.44. The van der Waals surface area contributed by atoms with Gasteiger partial charge in [0, 0.05) is 6.42 Å². The van der Waals surface area contributed by atoms with E-state index < -0.39 is 74.2 Å². The first kappa shape index (κ1) is 57.3. The molecule has 0 aliphatic carbocycles. The molecule has 0 saturated carbocycles. The Hall–Kier alpha value is -1.67. The second kappa shape index (κ2) is 39.9. The number of unbranched alkanes of at least 4 members (excludes halogenated alkanes) is 24. The Balaban J connectivity index is 2.43. The van der Waals surface area contributed by atoms with Crippen LogP contribution in [0.1, 0.15) is 206 Å². The quantitative estimate of drug-likeness (QED) is 0.0218. The van der Waals surface area contributed by atoms with Crippen molar-refractivity contribution in [3.05, 3.63) is 36.5 Å². The van der Waals surface area contributed by atoms with Crippen LogP contribution in [0, 0.1) is 0 Å². The lowest BCUT2D eigenvalue weighted by molar-refractivity contribution is -0.303. The Morgan fingerprint density at radius 3 is 1.52 bits per heavy atom. The fourth-order valence-electron chi connectivity index (χ4n) is 7.78. The van der Waals surface area contributed by atoms with Gasteiger partial charge in [-0.2, -0.15) is 0 Å². The smallest absolute Gasteiger partial charge is 0.249 e. The molecule has 0 radical (unpaired) electrons. The summed E-state index contributed by atoms with van der Waals surface area (Å²) in [6.07, 6.45) is 35.1. The van der Waals surface area contributed by atoms with Crippen LogP contribution in [0.2, 0.25) is 0 Å². The lowest BCUT2D eigenvalue weighted by Crippen LogP contribution is -2.60. The Morgan fingerprint density at radius 1 is 0.590 bits per heavy atom. The van der Waals surface area contributed by atoms with Crippen LogP contribution in [-0.2, 0) is 14.3 Å². The van der Waals surface area contributed by atoms with Crippen molar-refractivity contribution in [1.29, 1.82) is 0 Å². The number of carbonyl (C=O) groups is 1. The summed E-state index contributed by atoms with van der Waals surface area (Å²) in [5.74, 6) is -0.774. The molecule has 11 nitrogen and oxygen atoms in total. The monoisotopic (exact) mass is 868 g/mol. The van der Waals surface area contributed by atoms with E-state index >= 15 is 0 Å². The standard InChI is InChI=1S/C50H93NO10/c1-3-5-7-9-11-13-15-17-18-19-20-21-22-23-24-25-26-28-29-31-33-35-37-42(53)45(55)41(40-60-50-48(58)47(57)46(56)44(39-52)61-50)51-49(59)43(54)38-36-34-32-30-27-16-14-12-10-8-6-4-2/h27,29-31,34,36,41-48,50,52-58H,3-26,28,32-33,35,37-40H2,1-2H3,(H,51,59)/b30-27-,31-29+,36-34-. The van der Waals surface area contributed by atoms with Gasteiger partial charge in [-0.25, -0.2) is 0 Å². The lowest BCUT2D eigenvalue weighted by atomic mass is 9.99. The van der Waals surface area contributed by atoms with E-state index in [2.05, 4.69) is 43.5 Å². The summed E-state index contributed by atoms with van der Waals surface area (Å²) in [6, 6.07) is -1.21. The molecule has 9 atom stereocenters. The molecular weight excluding hydrogens is 775 g/mol. The molecule has 8 N–H and O–H groups in total. The molecule has 0 bridgehead atoms. The summed E-state index contributed by atoms with van der Waals surface area (Å²) in [7, 11) is 0. The normalized spacial score (nSPS) is 21.8. The Kier molecular flexibility index (Phi) is 37.5. The van der Waals surface area contributed by atoms with Gasteiger partial charge in [-0.1, -0.05) is 185 Å². The molecule has 11 heteroatoms. The van der Waals surface area contributed by atoms with E-state index in [1.165, 1.54) is 141 Å². The summed E-state index contributed by atoms with van der Waals surface area (Å²) >= 11 is 0. The van der Waals surface area contributed by atoms with Crippen molar-refractivity contribution < 1.29 is 50.0 Å². The molecule has 1 rings (SSSR count). The molecule has 1 fully saturated rings. The van der Waals surface area contributed by atoms with Gasteiger partial charge in [0.2, 0.25) is 5.91 Å². The molecule has 9 unspecified atom stereocenters. The average Bonchev–Trinajstić information content (AvgIpc) is 3.26. The number of hydrogen-bond donors (Lipinski definition) is 8. The third kappa shape index (κ3) is 29.4. The van der Waals surface area contributed by atoms with Crippen molar-refractivity contribution in [3.63, 3.8) is 0 Å². The maximum atomic E-state index is 13.0. The highest BCUT2D eigenvalue weighted by atomic mass is 16.7. The van der Waals surface area contributed by atoms with Crippen LogP contribution in [0.25, 0.3) is 0 Å². The zero-order valence-electron chi connectivity index (χ0n) is 38.6. The molecule has 1 aliphatic heterocycles. The number of amides is 1. The van der Waals surface area contributed by atoms with E-state index in [9.17, 15) is 40.5 Å². The van der Waals surface area contributed by atoms with Gasteiger partial charge in [0.25, 0.3) is 0 Å². The number of aliphatic hydroxyl groups is 7. The number of hydrogen-bond acceptors (Lipinski definition) is 10. The molecule has 1 aliphatic rings. The van der Waals surface area contributed by atoms with E-state index in [0.29, 0.717) is 12.8 Å². The van der Waals surface area contributed by atoms with Gasteiger partial charge in [0.05, 0.1) is 25.4 Å². The predicted octanol–water partition coefficient (Wildman–Crippen LogP) is 8.78. The predicted molar refractivity (Wildman–Crippen MR) is 247 cm³/mol. The van der Waals surface area contributed by atoms with Crippen molar-refractivity contribution in [2.24, 2.45) is 0 Å². The Bertz CT molecular complexity index is 1090. The maximum Gasteiger partial charge on any atom is 0.249 e. The van der Waals surface area contributed by atoms with Gasteiger partial charge >= 0.3 is 0 Å². The van der Waals surface area contributed by atoms with Crippen molar-refractivity contribution >= 4 is 5.91 Å². The molecule has 61 heavy (non-hydrogen) atoms. The molecule has 0 spiro atoms. The molecule has 0 aromatic carbocycles. The van der Waals surface area contributed by atoms with Gasteiger partial charge in [-0.3, -0.25) is 4.79 Å². The van der Waals surface area contributed by atoms with Crippen molar-refractivity contribution in [2.45, 2.75) is 262 Å². The second-order valence-corrected chi connectivity index (χ2v) is 17.5. The minimum atomic E-state index is -1.68. The fraction of sp³-hybridized carbons (Fsp3) is 0.860. The maximum absolute atomic E-state index is 13.0. The zero-order valence-corrected chi connectivity index (χ0v) is 38.6. The lowest BCUT2D eigenvalue weighted by Gasteiger charge is -2.40. The van der Waals surface area contributed by atoms with Gasteiger partial charge < -0.3 is 50.5 Å². The number of carbonyl (C=O) groups excluding carboxylic acids is 1. The van der Waals surface area contributed by atoms with Crippen LogP contribution in [0.5, 0.6) is 0 Å². The largest absolute Gasteiger partial charge is 0.394 e. The minimum absolute atomic E-state index is 0.0435. The highest BCUT2D eigenvalue weighted by molar-refractivity contribution is 5.81. The molecular formula is C50H93NO10. The number of nitrogens with one attached hydrogen (secondary N) is 1. The third-order valence-electron chi connectivity index (χ3n) is 11.9. The molecule has 358 valence electrons. The van der Waals surface area contributed by atoms with E-state index in [4.69, 9.17) is 9.47 Å². The van der Waals surface area contributed by atoms with E-state index in [1.54, 1.807) is 6.08 Å². The van der Waals surface area contributed by atoms with Crippen LogP contribution in [0.3, 0.4) is 0 Å². The summed E-state index contributed by atoms with van der Waals surface area (Å²) in [5, 5.41) is 75.5. The Labute approximate surface area is 371 Å². The first-order valence-corrected chi connectivity index (χ1v) is 24.9. The summed E-state index contributed by atoms with van der Waals surface area (Å²) in [5.41, 5.74) is 0. The fourth-order valence-corrected chi connectivity index (χ4v) is 7.78. The highest BCUT2D eigenvalue weighted by Crippen LogP contribution is 2.23. The zero-order chi connectivity index (χ0) is 44.8. The van der Waals surface area contributed by atoms with Crippen LogP contribution in [-0.4, -0.2) is 110 Å². The Morgan fingerprint density at radius 2 is 1.03 bits per heavy atom. The van der Waals surface area contributed by atoms with E-state index in [0.717, 1.165) is 25.7 Å². The topological polar surface area (TPSA) is 189 Å². The van der Waals surface area contributed by atoms with Crippen LogP contribution in [0.4, 0.5) is 0 Å². The van der Waals surface area contributed by atoms with Crippen molar-refractivity contribution in [1.82, 2.24) is 5.32 Å². The number of allylic oxidation sites excluding steroid dienone is 5. The number of rotatable bonds is 41. The first-order valence-electron chi connectivity index (χ1n) is 24.9. The van der Waals surface area contributed by atoms with Crippen LogP contribution in [0.15, 0.2) is 36.5 Å². The van der Waals surface area contributed by atoms with Crippen molar-refractivity contribution in [3.8, 4) is 0 Å².